The molecule has 0 fully saturated rings. The van der Waals surface area contributed by atoms with E-state index in [-0.39, 0.29) is 26.1 Å². The maximum Gasteiger partial charge on any atom is 0.263 e. The molecule has 0 heterocycles. The van der Waals surface area contributed by atoms with Gasteiger partial charge in [0, 0.05) is 28.3 Å². The molecule has 0 aliphatic rings. The lowest BCUT2D eigenvalue weighted by Crippen LogP contribution is -2.27. The summed E-state index contributed by atoms with van der Waals surface area (Å²) in [6, 6.07) is 12.7. The lowest BCUT2D eigenvalue weighted by atomic mass is 10.2. The number of hydrogen-bond donors (Lipinski definition) is 2. The normalized spacial score (nSPS) is 11.9. The Balaban J connectivity index is 2.12. The number of sulfonamides is 1. The van der Waals surface area contributed by atoms with Crippen LogP contribution in [0, 0.1) is 0 Å². The Kier molecular flexibility index (Phi) is 7.19. The van der Waals surface area contributed by atoms with Gasteiger partial charge in [0.15, 0.2) is 0 Å². The smallest absolute Gasteiger partial charge is 0.263 e. The highest BCUT2D eigenvalue weighted by molar-refractivity contribution is 8.00. The van der Waals surface area contributed by atoms with Gasteiger partial charge < -0.3 is 5.32 Å². The number of benzene rings is 2. The fourth-order valence-electron chi connectivity index (χ4n) is 2.19. The van der Waals surface area contributed by atoms with Crippen LogP contribution in [0.15, 0.2) is 53.4 Å². The van der Waals surface area contributed by atoms with Crippen molar-refractivity contribution in [3.05, 3.63) is 59.1 Å². The van der Waals surface area contributed by atoms with Crippen molar-refractivity contribution >= 4 is 45.0 Å². The van der Waals surface area contributed by atoms with Gasteiger partial charge in [-0.3, -0.25) is 9.52 Å². The van der Waals surface area contributed by atoms with Crippen LogP contribution in [0.25, 0.3) is 0 Å². The zero-order valence-electron chi connectivity index (χ0n) is 15.5. The second-order valence-electron chi connectivity index (χ2n) is 6.83. The molecule has 0 aliphatic carbocycles. The van der Waals surface area contributed by atoms with Crippen LogP contribution in [-0.2, 0) is 10.0 Å². The Morgan fingerprint density at radius 3 is 2.41 bits per heavy atom. The van der Waals surface area contributed by atoms with Gasteiger partial charge in [0.05, 0.1) is 5.02 Å². The van der Waals surface area contributed by atoms with E-state index in [0.717, 1.165) is 5.75 Å². The molecule has 2 N–H and O–H groups in total. The molecule has 0 aliphatic heterocycles. The van der Waals surface area contributed by atoms with Crippen molar-refractivity contribution in [1.82, 2.24) is 5.32 Å². The predicted molar refractivity (Wildman–Crippen MR) is 113 cm³/mol. The maximum absolute atomic E-state index is 12.6. The molecular weight excluding hydrogens is 404 g/mol. The van der Waals surface area contributed by atoms with Gasteiger partial charge in [-0.2, -0.15) is 11.8 Å². The Hall–Kier alpha value is -1.70. The van der Waals surface area contributed by atoms with E-state index >= 15 is 0 Å². The maximum atomic E-state index is 12.6. The largest absolute Gasteiger partial charge is 0.351 e. The lowest BCUT2D eigenvalue weighted by molar-refractivity contribution is 0.0956. The minimum absolute atomic E-state index is 0.0540. The van der Waals surface area contributed by atoms with Crippen LogP contribution >= 0.6 is 23.4 Å². The quantitative estimate of drug-likeness (QED) is 0.643. The van der Waals surface area contributed by atoms with Crippen LogP contribution < -0.4 is 10.0 Å². The highest BCUT2D eigenvalue weighted by Gasteiger charge is 2.20. The third kappa shape index (κ3) is 6.75. The number of halogens is 1. The molecule has 0 atom stereocenters. The number of amides is 1. The van der Waals surface area contributed by atoms with Crippen molar-refractivity contribution in [2.24, 2.45) is 0 Å². The standard InChI is InChI=1S/C19H23ClN2O3S2/c1-19(2,3)26-12-11-21-18(23)14-9-10-16(20)17(13-14)27(24,25)22-15-7-5-4-6-8-15/h4-10,13,22H,11-12H2,1-3H3,(H,21,23). The lowest BCUT2D eigenvalue weighted by Gasteiger charge is -2.17. The van der Waals surface area contributed by atoms with Crippen molar-refractivity contribution in [1.29, 1.82) is 0 Å². The van der Waals surface area contributed by atoms with Crippen molar-refractivity contribution in [3.63, 3.8) is 0 Å². The molecule has 0 unspecified atom stereocenters. The first-order valence-corrected chi connectivity index (χ1v) is 11.2. The fourth-order valence-corrected chi connectivity index (χ4v) is 4.59. The summed E-state index contributed by atoms with van der Waals surface area (Å²) in [7, 11) is -3.91. The van der Waals surface area contributed by atoms with Gasteiger partial charge in [-0.05, 0) is 30.3 Å². The Labute approximate surface area is 169 Å². The molecule has 2 aromatic carbocycles. The average Bonchev–Trinajstić information content (AvgIpc) is 2.58. The molecular formula is C19H23ClN2O3S2. The fraction of sp³-hybridized carbons (Fsp3) is 0.316. The van der Waals surface area contributed by atoms with Gasteiger partial charge in [0.2, 0.25) is 0 Å². The molecule has 8 heteroatoms. The summed E-state index contributed by atoms with van der Waals surface area (Å²) in [5.41, 5.74) is 0.663. The summed E-state index contributed by atoms with van der Waals surface area (Å²) in [4.78, 5) is 12.2. The Morgan fingerprint density at radius 1 is 1.11 bits per heavy atom. The van der Waals surface area contributed by atoms with Crippen LogP contribution in [0.3, 0.4) is 0 Å². The first-order valence-electron chi connectivity index (χ1n) is 8.38. The molecule has 146 valence electrons. The molecule has 0 saturated carbocycles. The third-order valence-corrected chi connectivity index (χ3v) is 6.57. The van der Waals surface area contributed by atoms with Crippen molar-refractivity contribution in [3.8, 4) is 0 Å². The van der Waals surface area contributed by atoms with E-state index < -0.39 is 10.0 Å². The van der Waals surface area contributed by atoms with E-state index in [1.165, 1.54) is 18.2 Å². The number of para-hydroxylation sites is 1. The van der Waals surface area contributed by atoms with Gasteiger partial charge in [-0.25, -0.2) is 8.42 Å². The number of carbonyl (C=O) groups is 1. The summed E-state index contributed by atoms with van der Waals surface area (Å²) in [5, 5.41) is 2.86. The van der Waals surface area contributed by atoms with E-state index in [1.807, 2.05) is 0 Å². The van der Waals surface area contributed by atoms with E-state index in [1.54, 1.807) is 42.1 Å². The second kappa shape index (κ2) is 8.99. The number of thioether (sulfide) groups is 1. The van der Waals surface area contributed by atoms with Gasteiger partial charge in [-0.1, -0.05) is 50.6 Å². The molecule has 0 saturated heterocycles. The number of nitrogens with one attached hydrogen (secondary N) is 2. The van der Waals surface area contributed by atoms with Crippen molar-refractivity contribution in [2.45, 2.75) is 30.4 Å². The summed E-state index contributed by atoms with van der Waals surface area (Å²) in [5.74, 6) is 0.432. The molecule has 0 bridgehead atoms. The first-order chi connectivity index (χ1) is 12.6. The molecule has 0 radical (unpaired) electrons. The van der Waals surface area contributed by atoms with E-state index in [0.29, 0.717) is 12.2 Å². The number of hydrogen-bond acceptors (Lipinski definition) is 4. The van der Waals surface area contributed by atoms with Gasteiger partial charge in [0.1, 0.15) is 4.90 Å². The Bertz CT molecular complexity index is 895. The van der Waals surface area contributed by atoms with Crippen LogP contribution in [0.1, 0.15) is 31.1 Å². The molecule has 27 heavy (non-hydrogen) atoms. The highest BCUT2D eigenvalue weighted by Crippen LogP contribution is 2.25. The van der Waals surface area contributed by atoms with Crippen LogP contribution in [0.2, 0.25) is 5.02 Å². The first kappa shape index (κ1) is 21.6. The predicted octanol–water partition coefficient (Wildman–Crippen LogP) is 4.40. The Morgan fingerprint density at radius 2 is 1.78 bits per heavy atom. The van der Waals surface area contributed by atoms with Crippen LogP contribution in [-0.4, -0.2) is 31.4 Å². The zero-order chi connectivity index (χ0) is 20.1. The summed E-state index contributed by atoms with van der Waals surface area (Å²) >= 11 is 7.81. The van der Waals surface area contributed by atoms with Crippen molar-refractivity contribution < 1.29 is 13.2 Å². The minimum Gasteiger partial charge on any atom is -0.351 e. The number of carbonyl (C=O) groups excluding carboxylic acids is 1. The molecule has 5 nitrogen and oxygen atoms in total. The number of rotatable bonds is 7. The van der Waals surface area contributed by atoms with Gasteiger partial charge in [-0.15, -0.1) is 0 Å². The summed E-state index contributed by atoms with van der Waals surface area (Å²) < 4.78 is 27.9. The topological polar surface area (TPSA) is 75.3 Å². The van der Waals surface area contributed by atoms with Gasteiger partial charge in [0.25, 0.3) is 15.9 Å². The van der Waals surface area contributed by atoms with Crippen LogP contribution in [0.5, 0.6) is 0 Å². The number of anilines is 1. The molecule has 2 aromatic rings. The SMILES string of the molecule is CC(C)(C)SCCNC(=O)c1ccc(Cl)c(S(=O)(=O)Nc2ccccc2)c1. The third-order valence-electron chi connectivity index (χ3n) is 3.43. The molecule has 1 amide bonds. The zero-order valence-corrected chi connectivity index (χ0v) is 17.8. The molecule has 0 spiro atoms. The molecule has 0 aromatic heterocycles. The van der Waals surface area contributed by atoms with E-state index in [2.05, 4.69) is 30.8 Å². The minimum atomic E-state index is -3.91. The van der Waals surface area contributed by atoms with Gasteiger partial charge >= 0.3 is 0 Å². The van der Waals surface area contributed by atoms with E-state index in [4.69, 9.17) is 11.6 Å². The average molecular weight is 427 g/mol. The molecule has 2 rings (SSSR count). The summed E-state index contributed by atoms with van der Waals surface area (Å²) in [6.07, 6.45) is 0. The summed E-state index contributed by atoms with van der Waals surface area (Å²) in [6.45, 7) is 6.81. The van der Waals surface area contributed by atoms with Crippen LogP contribution in [0.4, 0.5) is 5.69 Å². The highest BCUT2D eigenvalue weighted by atomic mass is 35.5. The van der Waals surface area contributed by atoms with Crippen molar-refractivity contribution in [2.75, 3.05) is 17.0 Å². The second-order valence-corrected chi connectivity index (χ2v) is 10.8. The monoisotopic (exact) mass is 426 g/mol. The van der Waals surface area contributed by atoms with E-state index in [9.17, 15) is 13.2 Å².